The SMILES string of the molecule is CC(C)(Cc1ccc2c3c(c(=O)oc2c1)CCC3)C(=NC(=O)[O-])c1ccccc1. The molecule has 0 unspecified atom stereocenters. The highest BCUT2D eigenvalue weighted by Crippen LogP contribution is 2.32. The Balaban J connectivity index is 1.73. The van der Waals surface area contributed by atoms with Crippen LogP contribution in [0.25, 0.3) is 11.0 Å². The van der Waals surface area contributed by atoms with Crippen molar-refractivity contribution in [1.29, 1.82) is 0 Å². The molecule has 29 heavy (non-hydrogen) atoms. The summed E-state index contributed by atoms with van der Waals surface area (Å²) in [5, 5.41) is 12.2. The fourth-order valence-electron chi connectivity index (χ4n) is 4.33. The third kappa shape index (κ3) is 3.73. The van der Waals surface area contributed by atoms with Crippen LogP contribution in [0.2, 0.25) is 0 Å². The first kappa shape index (κ1) is 19.1. The molecule has 0 spiro atoms. The van der Waals surface area contributed by atoms with E-state index in [0.717, 1.165) is 46.9 Å². The molecule has 1 aromatic heterocycles. The van der Waals surface area contributed by atoms with E-state index in [1.165, 1.54) is 0 Å². The third-order valence-electron chi connectivity index (χ3n) is 5.58. The first-order valence-corrected chi connectivity index (χ1v) is 9.78. The summed E-state index contributed by atoms with van der Waals surface area (Å²) in [7, 11) is 0. The molecule has 0 N–H and O–H groups in total. The van der Waals surface area contributed by atoms with Crippen LogP contribution in [-0.4, -0.2) is 11.8 Å². The van der Waals surface area contributed by atoms with Crippen molar-refractivity contribution in [1.82, 2.24) is 0 Å². The molecule has 0 bridgehead atoms. The zero-order chi connectivity index (χ0) is 20.6. The first-order valence-electron chi connectivity index (χ1n) is 9.78. The molecule has 0 radical (unpaired) electrons. The van der Waals surface area contributed by atoms with E-state index < -0.39 is 11.5 Å². The Labute approximate surface area is 168 Å². The summed E-state index contributed by atoms with van der Waals surface area (Å²) in [5.74, 6) is 0. The minimum atomic E-state index is -1.46. The second-order valence-electron chi connectivity index (χ2n) is 8.18. The van der Waals surface area contributed by atoms with Crippen molar-refractivity contribution in [3.8, 4) is 0 Å². The molecule has 1 aliphatic rings. The van der Waals surface area contributed by atoms with Gasteiger partial charge in [0, 0.05) is 16.4 Å². The number of amides is 1. The van der Waals surface area contributed by atoms with E-state index in [-0.39, 0.29) is 5.63 Å². The number of aryl methyl sites for hydroxylation is 1. The lowest BCUT2D eigenvalue weighted by Crippen LogP contribution is -2.31. The molecule has 3 aromatic rings. The van der Waals surface area contributed by atoms with Crippen molar-refractivity contribution < 1.29 is 14.3 Å². The van der Waals surface area contributed by atoms with Crippen LogP contribution >= 0.6 is 0 Å². The van der Waals surface area contributed by atoms with Crippen molar-refractivity contribution in [3.05, 3.63) is 81.2 Å². The van der Waals surface area contributed by atoms with Gasteiger partial charge in [-0.1, -0.05) is 56.3 Å². The minimum Gasteiger partial charge on any atom is -0.528 e. The highest BCUT2D eigenvalue weighted by molar-refractivity contribution is 6.08. The van der Waals surface area contributed by atoms with Crippen LogP contribution in [0, 0.1) is 5.41 Å². The van der Waals surface area contributed by atoms with Gasteiger partial charge in [-0.15, -0.1) is 0 Å². The van der Waals surface area contributed by atoms with Gasteiger partial charge >= 0.3 is 5.63 Å². The van der Waals surface area contributed by atoms with Gasteiger partial charge in [-0.25, -0.2) is 9.79 Å². The van der Waals surface area contributed by atoms with E-state index in [0.29, 0.717) is 17.7 Å². The minimum absolute atomic E-state index is 0.245. The number of carbonyl (C=O) groups excluding carboxylic acids is 1. The standard InChI is InChI=1S/C24H23NO4/c1-24(2,21(25-23(27)28)16-7-4-3-5-8-16)14-15-11-12-18-17-9-6-10-19(17)22(26)29-20(18)13-15/h3-5,7-8,11-13H,6,9-10,14H2,1-2H3,(H,27,28)/p-1. The van der Waals surface area contributed by atoms with Crippen LogP contribution in [0.5, 0.6) is 0 Å². The van der Waals surface area contributed by atoms with E-state index >= 15 is 0 Å². The van der Waals surface area contributed by atoms with Crippen LogP contribution < -0.4 is 10.7 Å². The molecular weight excluding hydrogens is 366 g/mol. The number of fused-ring (bicyclic) bond motifs is 3. The van der Waals surface area contributed by atoms with Gasteiger partial charge in [-0.05, 0) is 48.4 Å². The Bertz CT molecular complexity index is 1170. The summed E-state index contributed by atoms with van der Waals surface area (Å²) in [6.07, 6.45) is 1.73. The lowest BCUT2D eigenvalue weighted by Gasteiger charge is -2.28. The van der Waals surface area contributed by atoms with E-state index in [4.69, 9.17) is 4.42 Å². The Morgan fingerprint density at radius 2 is 1.83 bits per heavy atom. The van der Waals surface area contributed by atoms with Crippen LogP contribution in [-0.2, 0) is 19.3 Å². The summed E-state index contributed by atoms with van der Waals surface area (Å²) >= 11 is 0. The van der Waals surface area contributed by atoms with Gasteiger partial charge in [0.05, 0.1) is 5.71 Å². The number of rotatable bonds is 4. The number of carboxylic acid groups (broad SMARTS) is 1. The van der Waals surface area contributed by atoms with E-state index in [9.17, 15) is 14.7 Å². The summed E-state index contributed by atoms with van der Waals surface area (Å²) in [6, 6.07) is 15.2. The molecule has 0 fully saturated rings. The maximum Gasteiger partial charge on any atom is 0.339 e. The van der Waals surface area contributed by atoms with Crippen molar-refractivity contribution in [2.75, 3.05) is 0 Å². The summed E-state index contributed by atoms with van der Waals surface area (Å²) in [4.78, 5) is 27.3. The Morgan fingerprint density at radius 3 is 2.55 bits per heavy atom. The van der Waals surface area contributed by atoms with Crippen LogP contribution in [0.3, 0.4) is 0 Å². The molecule has 0 aliphatic heterocycles. The van der Waals surface area contributed by atoms with Crippen molar-refractivity contribution in [2.24, 2.45) is 10.4 Å². The second-order valence-corrected chi connectivity index (χ2v) is 8.18. The monoisotopic (exact) mass is 388 g/mol. The number of hydrogen-bond acceptors (Lipinski definition) is 4. The summed E-state index contributed by atoms with van der Waals surface area (Å²) in [6.45, 7) is 3.90. The smallest absolute Gasteiger partial charge is 0.339 e. The highest BCUT2D eigenvalue weighted by atomic mass is 16.4. The first-order chi connectivity index (χ1) is 13.8. The number of nitrogens with zero attached hydrogens (tertiary/aromatic N) is 1. The quantitative estimate of drug-likeness (QED) is 0.504. The van der Waals surface area contributed by atoms with Gasteiger partial charge in [0.25, 0.3) is 0 Å². The molecule has 148 valence electrons. The normalized spacial score (nSPS) is 14.2. The molecule has 1 heterocycles. The van der Waals surface area contributed by atoms with Gasteiger partial charge in [-0.2, -0.15) is 0 Å². The van der Waals surface area contributed by atoms with Crippen molar-refractivity contribution in [3.63, 3.8) is 0 Å². The average Bonchev–Trinajstić information content (AvgIpc) is 3.17. The maximum absolute atomic E-state index is 12.3. The molecule has 4 rings (SSSR count). The van der Waals surface area contributed by atoms with E-state index in [1.54, 1.807) is 0 Å². The van der Waals surface area contributed by atoms with Gasteiger partial charge in [0.15, 0.2) is 6.09 Å². The zero-order valence-corrected chi connectivity index (χ0v) is 16.5. The molecule has 5 nitrogen and oxygen atoms in total. The predicted octanol–water partition coefficient (Wildman–Crippen LogP) is 3.68. The Morgan fingerprint density at radius 1 is 1.10 bits per heavy atom. The van der Waals surface area contributed by atoms with Gasteiger partial charge in [-0.3, -0.25) is 0 Å². The molecule has 1 aliphatic carbocycles. The summed E-state index contributed by atoms with van der Waals surface area (Å²) in [5.41, 5.74) is 3.81. The topological polar surface area (TPSA) is 82.7 Å². The molecule has 2 aromatic carbocycles. The summed E-state index contributed by atoms with van der Waals surface area (Å²) < 4.78 is 5.58. The van der Waals surface area contributed by atoms with Crippen molar-refractivity contribution >= 4 is 22.8 Å². The average molecular weight is 388 g/mol. The molecule has 0 saturated heterocycles. The lowest BCUT2D eigenvalue weighted by molar-refractivity contribution is -0.245. The van der Waals surface area contributed by atoms with Gasteiger partial charge in [0.1, 0.15) is 5.58 Å². The third-order valence-corrected chi connectivity index (χ3v) is 5.58. The number of benzene rings is 2. The highest BCUT2D eigenvalue weighted by Gasteiger charge is 2.28. The van der Waals surface area contributed by atoms with E-state index in [2.05, 4.69) is 4.99 Å². The Hall–Kier alpha value is -3.21. The van der Waals surface area contributed by atoms with Crippen LogP contribution in [0.4, 0.5) is 4.79 Å². The lowest BCUT2D eigenvalue weighted by atomic mass is 9.78. The van der Waals surface area contributed by atoms with E-state index in [1.807, 2.05) is 62.4 Å². The predicted molar refractivity (Wildman–Crippen MR) is 110 cm³/mol. The van der Waals surface area contributed by atoms with Gasteiger partial charge < -0.3 is 14.3 Å². The fourth-order valence-corrected chi connectivity index (χ4v) is 4.33. The number of aliphatic imine (C=N–C) groups is 1. The molecular formula is C24H22NO4-. The van der Waals surface area contributed by atoms with Gasteiger partial charge in [0.2, 0.25) is 0 Å². The second kappa shape index (κ2) is 7.32. The Kier molecular flexibility index (Phi) is 4.82. The largest absolute Gasteiger partial charge is 0.528 e. The molecule has 0 saturated carbocycles. The number of hydrogen-bond donors (Lipinski definition) is 0. The maximum atomic E-state index is 12.3. The molecule has 5 heteroatoms. The fraction of sp³-hybridized carbons (Fsp3) is 0.292. The molecule has 1 amide bonds. The van der Waals surface area contributed by atoms with Crippen molar-refractivity contribution in [2.45, 2.75) is 39.5 Å². The van der Waals surface area contributed by atoms with Crippen LogP contribution in [0.1, 0.15) is 42.5 Å². The van der Waals surface area contributed by atoms with Crippen LogP contribution in [0.15, 0.2) is 62.7 Å². The number of carbonyl (C=O) groups is 1. The molecule has 0 atom stereocenters. The zero-order valence-electron chi connectivity index (χ0n) is 16.5.